The summed E-state index contributed by atoms with van der Waals surface area (Å²) in [7, 11) is 0. The highest BCUT2D eigenvalue weighted by Crippen LogP contribution is 2.19. The molecule has 0 atom stereocenters. The monoisotopic (exact) mass is 259 g/mol. The Hall–Kier alpha value is -1.97. The quantitative estimate of drug-likeness (QED) is 0.821. The summed E-state index contributed by atoms with van der Waals surface area (Å²) in [5.41, 5.74) is 1.02. The van der Waals surface area contributed by atoms with Gasteiger partial charge in [-0.25, -0.2) is 4.98 Å². The van der Waals surface area contributed by atoms with Crippen molar-refractivity contribution in [3.8, 4) is 5.75 Å². The molecule has 0 amide bonds. The Morgan fingerprint density at radius 3 is 2.63 bits per heavy atom. The number of anilines is 2. The van der Waals surface area contributed by atoms with Crippen LogP contribution < -0.4 is 10.1 Å². The average Bonchev–Trinajstić information content (AvgIpc) is 2.86. The molecule has 2 rings (SSSR count). The number of benzene rings is 1. The molecule has 4 heteroatoms. The number of imidazole rings is 1. The van der Waals surface area contributed by atoms with Crippen molar-refractivity contribution in [2.75, 3.05) is 11.9 Å². The minimum Gasteiger partial charge on any atom is -0.494 e. The van der Waals surface area contributed by atoms with Gasteiger partial charge in [0.2, 0.25) is 5.95 Å². The molecule has 0 bridgehead atoms. The van der Waals surface area contributed by atoms with Crippen molar-refractivity contribution in [1.29, 1.82) is 0 Å². The van der Waals surface area contributed by atoms with E-state index in [9.17, 15) is 0 Å². The lowest BCUT2D eigenvalue weighted by molar-refractivity contribution is 0.317. The second kappa shape index (κ2) is 6.83. The topological polar surface area (TPSA) is 39.1 Å². The molecule has 0 aliphatic carbocycles. The summed E-state index contributed by atoms with van der Waals surface area (Å²) < 4.78 is 7.67. The van der Waals surface area contributed by atoms with Gasteiger partial charge in [-0.3, -0.25) is 0 Å². The summed E-state index contributed by atoms with van der Waals surface area (Å²) in [6.07, 6.45) is 5.92. The Morgan fingerprint density at radius 2 is 1.95 bits per heavy atom. The molecule has 0 aliphatic heterocycles. The standard InChI is InChI=1S/C15H21N3O/c1-3-10-18-11-9-16-15(18)17-13-5-7-14(8-6-13)19-12-4-2/h5-9,11H,3-4,10,12H2,1-2H3,(H,16,17). The maximum Gasteiger partial charge on any atom is 0.207 e. The van der Waals surface area contributed by atoms with Gasteiger partial charge in [0.05, 0.1) is 6.61 Å². The molecule has 0 saturated heterocycles. The van der Waals surface area contributed by atoms with E-state index in [1.807, 2.05) is 36.7 Å². The summed E-state index contributed by atoms with van der Waals surface area (Å²) in [6, 6.07) is 7.97. The average molecular weight is 259 g/mol. The zero-order valence-corrected chi connectivity index (χ0v) is 11.6. The van der Waals surface area contributed by atoms with Crippen LogP contribution in [0.5, 0.6) is 5.75 Å². The van der Waals surface area contributed by atoms with Crippen LogP contribution in [-0.2, 0) is 6.54 Å². The van der Waals surface area contributed by atoms with Gasteiger partial charge in [0.1, 0.15) is 5.75 Å². The third-order valence-corrected chi connectivity index (χ3v) is 2.76. The van der Waals surface area contributed by atoms with Crippen molar-refractivity contribution >= 4 is 11.6 Å². The number of ether oxygens (including phenoxy) is 1. The third-order valence-electron chi connectivity index (χ3n) is 2.76. The van der Waals surface area contributed by atoms with E-state index in [0.717, 1.165) is 43.4 Å². The second-order valence-corrected chi connectivity index (χ2v) is 4.44. The molecule has 1 aromatic heterocycles. The zero-order chi connectivity index (χ0) is 13.5. The third kappa shape index (κ3) is 3.74. The Balaban J connectivity index is 2.00. The molecule has 0 unspecified atom stereocenters. The van der Waals surface area contributed by atoms with Gasteiger partial charge >= 0.3 is 0 Å². The fourth-order valence-corrected chi connectivity index (χ4v) is 1.84. The number of nitrogens with one attached hydrogen (secondary N) is 1. The molecule has 0 aliphatic rings. The first-order valence-corrected chi connectivity index (χ1v) is 6.84. The fraction of sp³-hybridized carbons (Fsp3) is 0.400. The normalized spacial score (nSPS) is 10.4. The predicted molar refractivity (Wildman–Crippen MR) is 78.0 cm³/mol. The Bertz CT molecular complexity index is 490. The molecule has 4 nitrogen and oxygen atoms in total. The van der Waals surface area contributed by atoms with Crippen LogP contribution in [-0.4, -0.2) is 16.2 Å². The lowest BCUT2D eigenvalue weighted by atomic mass is 10.3. The molecule has 19 heavy (non-hydrogen) atoms. The van der Waals surface area contributed by atoms with E-state index >= 15 is 0 Å². The van der Waals surface area contributed by atoms with Gasteiger partial charge in [-0.2, -0.15) is 0 Å². The van der Waals surface area contributed by atoms with E-state index in [4.69, 9.17) is 4.74 Å². The van der Waals surface area contributed by atoms with Crippen LogP contribution in [0.4, 0.5) is 11.6 Å². The van der Waals surface area contributed by atoms with Crippen LogP contribution in [0.15, 0.2) is 36.7 Å². The van der Waals surface area contributed by atoms with E-state index in [2.05, 4.69) is 28.7 Å². The minimum atomic E-state index is 0.758. The SMILES string of the molecule is CCCOc1ccc(Nc2nccn2CCC)cc1. The second-order valence-electron chi connectivity index (χ2n) is 4.44. The molecule has 102 valence electrons. The molecular formula is C15H21N3O. The van der Waals surface area contributed by atoms with Crippen LogP contribution in [0.1, 0.15) is 26.7 Å². The molecule has 0 saturated carbocycles. The van der Waals surface area contributed by atoms with E-state index < -0.39 is 0 Å². The molecule has 0 fully saturated rings. The smallest absolute Gasteiger partial charge is 0.207 e. The van der Waals surface area contributed by atoms with Crippen LogP contribution in [0.25, 0.3) is 0 Å². The lowest BCUT2D eigenvalue weighted by Crippen LogP contribution is -2.02. The number of hydrogen-bond donors (Lipinski definition) is 1. The van der Waals surface area contributed by atoms with Crippen LogP contribution in [0.2, 0.25) is 0 Å². The highest BCUT2D eigenvalue weighted by atomic mass is 16.5. The van der Waals surface area contributed by atoms with Crippen molar-refractivity contribution in [2.24, 2.45) is 0 Å². The first kappa shape index (κ1) is 13.5. The molecule has 0 spiro atoms. The van der Waals surface area contributed by atoms with Crippen molar-refractivity contribution in [2.45, 2.75) is 33.2 Å². The molecule has 1 aromatic carbocycles. The predicted octanol–water partition coefficient (Wildman–Crippen LogP) is 3.83. The molecule has 1 N–H and O–H groups in total. The molecular weight excluding hydrogens is 238 g/mol. The Morgan fingerprint density at radius 1 is 1.16 bits per heavy atom. The number of nitrogens with zero attached hydrogens (tertiary/aromatic N) is 2. The summed E-state index contributed by atoms with van der Waals surface area (Å²) >= 11 is 0. The number of hydrogen-bond acceptors (Lipinski definition) is 3. The summed E-state index contributed by atoms with van der Waals surface area (Å²) in [4.78, 5) is 4.32. The highest BCUT2D eigenvalue weighted by molar-refractivity contribution is 5.54. The fourth-order valence-electron chi connectivity index (χ4n) is 1.84. The maximum atomic E-state index is 5.56. The van der Waals surface area contributed by atoms with Crippen molar-refractivity contribution in [3.05, 3.63) is 36.7 Å². The van der Waals surface area contributed by atoms with Gasteiger partial charge in [0.15, 0.2) is 0 Å². The molecule has 0 radical (unpaired) electrons. The van der Waals surface area contributed by atoms with E-state index in [0.29, 0.717) is 0 Å². The zero-order valence-electron chi connectivity index (χ0n) is 11.6. The van der Waals surface area contributed by atoms with Crippen molar-refractivity contribution in [3.63, 3.8) is 0 Å². The van der Waals surface area contributed by atoms with E-state index in [1.54, 1.807) is 0 Å². The number of aryl methyl sites for hydroxylation is 1. The van der Waals surface area contributed by atoms with Crippen molar-refractivity contribution in [1.82, 2.24) is 9.55 Å². The van der Waals surface area contributed by atoms with Crippen molar-refractivity contribution < 1.29 is 4.74 Å². The van der Waals surface area contributed by atoms with Crippen LogP contribution in [0.3, 0.4) is 0 Å². The summed E-state index contributed by atoms with van der Waals surface area (Å²) in [5, 5.41) is 3.32. The van der Waals surface area contributed by atoms with E-state index in [-0.39, 0.29) is 0 Å². The van der Waals surface area contributed by atoms with E-state index in [1.165, 1.54) is 0 Å². The highest BCUT2D eigenvalue weighted by Gasteiger charge is 2.02. The summed E-state index contributed by atoms with van der Waals surface area (Å²) in [6.45, 7) is 5.99. The maximum absolute atomic E-state index is 5.56. The first-order valence-electron chi connectivity index (χ1n) is 6.84. The summed E-state index contributed by atoms with van der Waals surface area (Å²) in [5.74, 6) is 1.79. The first-order chi connectivity index (χ1) is 9.33. The number of rotatable bonds is 7. The van der Waals surface area contributed by atoms with Crippen LogP contribution >= 0.6 is 0 Å². The minimum absolute atomic E-state index is 0.758. The van der Waals surface area contributed by atoms with Gasteiger partial charge in [-0.15, -0.1) is 0 Å². The molecule has 1 heterocycles. The largest absolute Gasteiger partial charge is 0.494 e. The number of aromatic nitrogens is 2. The van der Waals surface area contributed by atoms with Gasteiger partial charge in [0, 0.05) is 24.6 Å². The van der Waals surface area contributed by atoms with Gasteiger partial charge in [-0.1, -0.05) is 13.8 Å². The van der Waals surface area contributed by atoms with Gasteiger partial charge < -0.3 is 14.6 Å². The lowest BCUT2D eigenvalue weighted by Gasteiger charge is -2.10. The Kier molecular flexibility index (Phi) is 4.84. The van der Waals surface area contributed by atoms with Gasteiger partial charge in [-0.05, 0) is 37.1 Å². The van der Waals surface area contributed by atoms with Crippen LogP contribution in [0, 0.1) is 0 Å². The van der Waals surface area contributed by atoms with Gasteiger partial charge in [0.25, 0.3) is 0 Å². The molecule has 2 aromatic rings. The Labute approximate surface area is 114 Å².